The topological polar surface area (TPSA) is 41.6 Å². The second-order valence-electron chi connectivity index (χ2n) is 6.82. The Bertz CT molecular complexity index is 771. The maximum Gasteiger partial charge on any atom is 0.410 e. The fraction of sp³-hybridized carbons (Fsp3) is 0.350. The molecule has 130 valence electrons. The molecule has 2 aromatic carbocycles. The van der Waals surface area contributed by atoms with Crippen molar-refractivity contribution in [2.24, 2.45) is 0 Å². The lowest BCUT2D eigenvalue weighted by molar-refractivity contribution is 0.0790. The first-order valence-electron chi connectivity index (χ1n) is 8.66. The second-order valence-corrected chi connectivity index (χ2v) is 6.82. The van der Waals surface area contributed by atoms with Crippen molar-refractivity contribution in [3.8, 4) is 0 Å². The van der Waals surface area contributed by atoms with Crippen LogP contribution in [0.4, 0.5) is 14.9 Å². The third kappa shape index (κ3) is 2.95. The van der Waals surface area contributed by atoms with Crippen LogP contribution in [0.15, 0.2) is 48.5 Å². The van der Waals surface area contributed by atoms with Crippen LogP contribution in [0.25, 0.3) is 0 Å². The van der Waals surface area contributed by atoms with Gasteiger partial charge in [-0.15, -0.1) is 0 Å². The molecule has 0 atom stereocenters. The first-order chi connectivity index (χ1) is 12.2. The van der Waals surface area contributed by atoms with Crippen LogP contribution in [0.3, 0.4) is 0 Å². The first kappa shape index (κ1) is 15.9. The number of halogens is 1. The van der Waals surface area contributed by atoms with Crippen LogP contribution < -0.4 is 5.32 Å². The zero-order chi connectivity index (χ0) is 17.3. The SMILES string of the molecule is O=C(OCc1ccccc1)N1CCC2(CC1)CNc1cccc(F)c12. The molecule has 0 radical (unpaired) electrons. The van der Waals surface area contributed by atoms with Crippen LogP contribution in [0, 0.1) is 5.82 Å². The van der Waals surface area contributed by atoms with Gasteiger partial charge in [-0.05, 0) is 30.5 Å². The van der Waals surface area contributed by atoms with E-state index in [2.05, 4.69) is 5.32 Å². The molecule has 0 aromatic heterocycles. The summed E-state index contributed by atoms with van der Waals surface area (Å²) in [6.07, 6.45) is 1.20. The minimum atomic E-state index is -0.293. The quantitative estimate of drug-likeness (QED) is 0.901. The fourth-order valence-corrected chi connectivity index (χ4v) is 3.92. The minimum Gasteiger partial charge on any atom is -0.445 e. The summed E-state index contributed by atoms with van der Waals surface area (Å²) in [5, 5.41) is 3.32. The standard InChI is InChI=1S/C20H21FN2O2/c21-16-7-4-8-17-18(16)20(14-22-17)9-11-23(12-10-20)19(24)25-13-15-5-2-1-3-6-15/h1-8,22H,9-14H2. The van der Waals surface area contributed by atoms with Gasteiger partial charge in [0.15, 0.2) is 0 Å². The van der Waals surface area contributed by atoms with Crippen molar-refractivity contribution in [3.63, 3.8) is 0 Å². The Morgan fingerprint density at radius 1 is 1.12 bits per heavy atom. The highest BCUT2D eigenvalue weighted by Gasteiger charge is 2.44. The van der Waals surface area contributed by atoms with E-state index in [1.165, 1.54) is 6.07 Å². The summed E-state index contributed by atoms with van der Waals surface area (Å²) in [4.78, 5) is 14.0. The summed E-state index contributed by atoms with van der Waals surface area (Å²) in [5.41, 5.74) is 2.43. The van der Waals surface area contributed by atoms with Gasteiger partial charge in [0.05, 0.1) is 0 Å². The average molecular weight is 340 g/mol. The minimum absolute atomic E-state index is 0.150. The zero-order valence-corrected chi connectivity index (χ0v) is 14.0. The predicted molar refractivity (Wildman–Crippen MR) is 94.0 cm³/mol. The average Bonchev–Trinajstić information content (AvgIpc) is 3.01. The Labute approximate surface area is 146 Å². The molecule has 25 heavy (non-hydrogen) atoms. The summed E-state index contributed by atoms with van der Waals surface area (Å²) in [7, 11) is 0. The maximum atomic E-state index is 14.3. The third-order valence-electron chi connectivity index (χ3n) is 5.35. The van der Waals surface area contributed by atoms with E-state index in [9.17, 15) is 9.18 Å². The van der Waals surface area contributed by atoms with Gasteiger partial charge in [-0.3, -0.25) is 0 Å². The summed E-state index contributed by atoms with van der Waals surface area (Å²) >= 11 is 0. The Kier molecular flexibility index (Phi) is 4.07. The molecule has 4 nitrogen and oxygen atoms in total. The van der Waals surface area contributed by atoms with Crippen LogP contribution in [0.2, 0.25) is 0 Å². The highest BCUT2D eigenvalue weighted by Crippen LogP contribution is 2.45. The highest BCUT2D eigenvalue weighted by atomic mass is 19.1. The van der Waals surface area contributed by atoms with E-state index in [0.717, 1.165) is 36.2 Å². The molecule has 1 N–H and O–H groups in total. The molecule has 0 saturated carbocycles. The van der Waals surface area contributed by atoms with Gasteiger partial charge in [0.2, 0.25) is 0 Å². The lowest BCUT2D eigenvalue weighted by atomic mass is 9.74. The number of rotatable bonds is 2. The number of hydrogen-bond acceptors (Lipinski definition) is 3. The summed E-state index contributed by atoms with van der Waals surface area (Å²) in [6, 6.07) is 14.8. The number of ether oxygens (including phenoxy) is 1. The lowest BCUT2D eigenvalue weighted by Gasteiger charge is -2.38. The molecule has 2 aromatic rings. The molecule has 0 aliphatic carbocycles. The summed E-state index contributed by atoms with van der Waals surface area (Å²) < 4.78 is 19.7. The molecule has 5 heteroatoms. The van der Waals surface area contributed by atoms with Crippen molar-refractivity contribution in [2.75, 3.05) is 25.0 Å². The van der Waals surface area contributed by atoms with E-state index in [0.29, 0.717) is 13.1 Å². The van der Waals surface area contributed by atoms with Gasteiger partial charge in [-0.2, -0.15) is 0 Å². The van der Waals surface area contributed by atoms with Gasteiger partial charge in [0.25, 0.3) is 0 Å². The van der Waals surface area contributed by atoms with E-state index in [1.54, 1.807) is 11.0 Å². The van der Waals surface area contributed by atoms with Crippen LogP contribution in [-0.2, 0) is 16.8 Å². The number of amides is 1. The van der Waals surface area contributed by atoms with Crippen molar-refractivity contribution < 1.29 is 13.9 Å². The number of fused-ring (bicyclic) bond motifs is 2. The third-order valence-corrected chi connectivity index (χ3v) is 5.35. The van der Waals surface area contributed by atoms with Crippen LogP contribution in [0.5, 0.6) is 0 Å². The number of hydrogen-bond donors (Lipinski definition) is 1. The van der Waals surface area contributed by atoms with Crippen LogP contribution in [-0.4, -0.2) is 30.6 Å². The molecule has 2 aliphatic rings. The number of piperidine rings is 1. The largest absolute Gasteiger partial charge is 0.445 e. The van der Waals surface area contributed by atoms with Gasteiger partial charge >= 0.3 is 6.09 Å². The molecule has 1 saturated heterocycles. The Morgan fingerprint density at radius 3 is 2.64 bits per heavy atom. The smallest absolute Gasteiger partial charge is 0.410 e. The zero-order valence-electron chi connectivity index (χ0n) is 14.0. The van der Waals surface area contributed by atoms with Crippen molar-refractivity contribution in [1.29, 1.82) is 0 Å². The molecule has 1 spiro atoms. The summed E-state index contributed by atoms with van der Waals surface area (Å²) in [5.74, 6) is -0.150. The van der Waals surface area contributed by atoms with E-state index in [4.69, 9.17) is 4.74 Å². The molecule has 2 heterocycles. The maximum absolute atomic E-state index is 14.3. The highest BCUT2D eigenvalue weighted by molar-refractivity contribution is 5.68. The molecule has 2 aliphatic heterocycles. The summed E-state index contributed by atoms with van der Waals surface area (Å²) in [6.45, 7) is 2.18. The van der Waals surface area contributed by atoms with Crippen molar-refractivity contribution >= 4 is 11.8 Å². The molecule has 1 amide bonds. The molecular weight excluding hydrogens is 319 g/mol. The first-order valence-corrected chi connectivity index (χ1v) is 8.66. The monoisotopic (exact) mass is 340 g/mol. The molecular formula is C20H21FN2O2. The van der Waals surface area contributed by atoms with Crippen molar-refractivity contribution in [3.05, 3.63) is 65.5 Å². The number of anilines is 1. The van der Waals surface area contributed by atoms with E-state index < -0.39 is 0 Å². The van der Waals surface area contributed by atoms with Crippen LogP contribution >= 0.6 is 0 Å². The van der Waals surface area contributed by atoms with E-state index in [1.807, 2.05) is 36.4 Å². The second kappa shape index (κ2) is 6.39. The van der Waals surface area contributed by atoms with Crippen molar-refractivity contribution in [1.82, 2.24) is 4.90 Å². The van der Waals surface area contributed by atoms with E-state index in [-0.39, 0.29) is 23.9 Å². The lowest BCUT2D eigenvalue weighted by Crippen LogP contribution is -2.46. The number of benzene rings is 2. The number of carbonyl (C=O) groups excluding carboxylic acids is 1. The fourth-order valence-electron chi connectivity index (χ4n) is 3.92. The Hall–Kier alpha value is -2.56. The van der Waals surface area contributed by atoms with Gasteiger partial charge in [-0.25, -0.2) is 9.18 Å². The Balaban J connectivity index is 1.39. The van der Waals surface area contributed by atoms with Crippen molar-refractivity contribution in [2.45, 2.75) is 24.9 Å². The number of nitrogens with one attached hydrogen (secondary N) is 1. The van der Waals surface area contributed by atoms with Gasteiger partial charge in [0, 0.05) is 36.3 Å². The molecule has 4 rings (SSSR count). The Morgan fingerprint density at radius 2 is 1.88 bits per heavy atom. The van der Waals surface area contributed by atoms with Gasteiger partial charge in [-0.1, -0.05) is 36.4 Å². The number of nitrogens with zero attached hydrogens (tertiary/aromatic N) is 1. The van der Waals surface area contributed by atoms with Gasteiger partial charge < -0.3 is 15.0 Å². The predicted octanol–water partition coefficient (Wildman–Crippen LogP) is 3.92. The van der Waals surface area contributed by atoms with Gasteiger partial charge in [0.1, 0.15) is 12.4 Å². The van der Waals surface area contributed by atoms with Crippen LogP contribution in [0.1, 0.15) is 24.0 Å². The molecule has 0 unspecified atom stereocenters. The molecule has 1 fully saturated rings. The number of carbonyl (C=O) groups is 1. The van der Waals surface area contributed by atoms with E-state index >= 15 is 0 Å². The number of likely N-dealkylation sites (tertiary alicyclic amines) is 1. The normalized spacial score (nSPS) is 17.9. The molecule has 0 bridgehead atoms.